The van der Waals surface area contributed by atoms with E-state index in [4.69, 9.17) is 4.74 Å². The van der Waals surface area contributed by atoms with Crippen molar-refractivity contribution in [1.29, 1.82) is 0 Å². The van der Waals surface area contributed by atoms with Crippen LogP contribution in [-0.2, 0) is 11.3 Å². The van der Waals surface area contributed by atoms with Crippen LogP contribution in [0.4, 0.5) is 10.5 Å². The zero-order chi connectivity index (χ0) is 21.2. The Morgan fingerprint density at radius 3 is 2.77 bits per heavy atom. The number of nitrogens with one attached hydrogen (secondary N) is 3. The van der Waals surface area contributed by atoms with Gasteiger partial charge >= 0.3 is 6.03 Å². The van der Waals surface area contributed by atoms with E-state index in [0.717, 1.165) is 12.1 Å². The quantitative estimate of drug-likeness (QED) is 0.578. The van der Waals surface area contributed by atoms with E-state index in [1.54, 1.807) is 30.5 Å². The number of carbonyl (C=O) groups is 2. The number of amides is 3. The fraction of sp³-hybridized carbons (Fsp3) is 0.435. The number of ether oxygens (including phenoxy) is 1. The molecule has 0 spiro atoms. The molecular weight excluding hydrogens is 380 g/mol. The molecule has 1 aromatic carbocycles. The molecule has 0 aliphatic heterocycles. The first kappa shape index (κ1) is 21.8. The highest BCUT2D eigenvalue weighted by molar-refractivity contribution is 5.96. The van der Waals surface area contributed by atoms with Crippen molar-refractivity contribution in [2.75, 3.05) is 18.5 Å². The number of nitrogens with zero attached hydrogens (tertiary/aromatic N) is 1. The number of carbonyl (C=O) groups excluding carboxylic acids is 2. The molecule has 0 saturated heterocycles. The highest BCUT2D eigenvalue weighted by Crippen LogP contribution is 2.25. The van der Waals surface area contributed by atoms with Gasteiger partial charge in [-0.25, -0.2) is 4.79 Å². The minimum absolute atomic E-state index is 0.222. The standard InChI is InChI=1S/C23H30N4O3/c1-17-7-2-3-11-21(17)30-14-13-25-23(29)27-19-10-6-8-18(15-19)22(28)26-16-20-9-4-5-12-24-20/h4-6,8-10,12,15,17,21H,2-3,7,11,13-14,16H2,1H3,(H,26,28)(H2,25,27,29). The monoisotopic (exact) mass is 410 g/mol. The van der Waals surface area contributed by atoms with Crippen LogP contribution in [0, 0.1) is 5.92 Å². The molecule has 30 heavy (non-hydrogen) atoms. The molecule has 1 aliphatic rings. The van der Waals surface area contributed by atoms with Crippen molar-refractivity contribution >= 4 is 17.6 Å². The molecule has 2 unspecified atom stereocenters. The summed E-state index contributed by atoms with van der Waals surface area (Å²) in [6.45, 7) is 3.51. The van der Waals surface area contributed by atoms with Gasteiger partial charge in [0, 0.05) is 24.0 Å². The van der Waals surface area contributed by atoms with Gasteiger partial charge in [-0.05, 0) is 49.1 Å². The van der Waals surface area contributed by atoms with Crippen molar-refractivity contribution in [3.8, 4) is 0 Å². The average molecular weight is 411 g/mol. The highest BCUT2D eigenvalue weighted by atomic mass is 16.5. The van der Waals surface area contributed by atoms with Crippen LogP contribution in [0.15, 0.2) is 48.7 Å². The second kappa shape index (κ2) is 11.3. The van der Waals surface area contributed by atoms with E-state index >= 15 is 0 Å². The number of anilines is 1. The number of aromatic nitrogens is 1. The maximum atomic E-state index is 12.4. The van der Waals surface area contributed by atoms with Crippen molar-refractivity contribution in [1.82, 2.24) is 15.6 Å². The van der Waals surface area contributed by atoms with Crippen LogP contribution in [0.25, 0.3) is 0 Å². The predicted octanol–water partition coefficient (Wildman–Crippen LogP) is 3.73. The topological polar surface area (TPSA) is 92.4 Å². The van der Waals surface area contributed by atoms with Gasteiger partial charge in [-0.3, -0.25) is 9.78 Å². The maximum absolute atomic E-state index is 12.4. The predicted molar refractivity (Wildman–Crippen MR) is 116 cm³/mol. The molecular formula is C23H30N4O3. The van der Waals surface area contributed by atoms with E-state index in [2.05, 4.69) is 27.9 Å². The lowest BCUT2D eigenvalue weighted by Gasteiger charge is -2.28. The molecule has 1 heterocycles. The third-order valence-corrected chi connectivity index (χ3v) is 5.29. The number of hydrogen-bond donors (Lipinski definition) is 3. The molecule has 1 aliphatic carbocycles. The second-order valence-corrected chi connectivity index (χ2v) is 7.64. The first-order valence-corrected chi connectivity index (χ1v) is 10.6. The van der Waals surface area contributed by atoms with Crippen molar-refractivity contribution < 1.29 is 14.3 Å². The van der Waals surface area contributed by atoms with E-state index in [1.165, 1.54) is 19.3 Å². The Morgan fingerprint density at radius 2 is 1.97 bits per heavy atom. The van der Waals surface area contributed by atoms with Gasteiger partial charge in [-0.2, -0.15) is 0 Å². The minimum atomic E-state index is -0.318. The summed E-state index contributed by atoms with van der Waals surface area (Å²) in [5.41, 5.74) is 1.81. The fourth-order valence-electron chi connectivity index (χ4n) is 3.59. The third kappa shape index (κ3) is 6.84. The number of rotatable bonds is 8. The Morgan fingerprint density at radius 1 is 1.10 bits per heavy atom. The summed E-state index contributed by atoms with van der Waals surface area (Å²) in [5.74, 6) is 0.360. The summed E-state index contributed by atoms with van der Waals surface area (Å²) >= 11 is 0. The molecule has 160 valence electrons. The van der Waals surface area contributed by atoms with Crippen LogP contribution in [0.2, 0.25) is 0 Å². The fourth-order valence-corrected chi connectivity index (χ4v) is 3.59. The van der Waals surface area contributed by atoms with Gasteiger partial charge < -0.3 is 20.7 Å². The smallest absolute Gasteiger partial charge is 0.319 e. The second-order valence-electron chi connectivity index (χ2n) is 7.64. The van der Waals surface area contributed by atoms with E-state index < -0.39 is 0 Å². The summed E-state index contributed by atoms with van der Waals surface area (Å²) in [7, 11) is 0. The molecule has 1 aromatic heterocycles. The summed E-state index contributed by atoms with van der Waals surface area (Å²) in [6, 6.07) is 12.1. The number of urea groups is 1. The van der Waals surface area contributed by atoms with Crippen molar-refractivity contribution in [3.05, 3.63) is 59.9 Å². The Bertz CT molecular complexity index is 828. The van der Waals surface area contributed by atoms with Gasteiger partial charge in [0.25, 0.3) is 5.91 Å². The molecule has 1 fully saturated rings. The van der Waals surface area contributed by atoms with Gasteiger partial charge in [0.1, 0.15) is 0 Å². The molecule has 7 heteroatoms. The molecule has 2 aromatic rings. The molecule has 2 atom stereocenters. The van der Waals surface area contributed by atoms with Crippen LogP contribution in [0.1, 0.15) is 48.7 Å². The Labute approximate surface area is 177 Å². The van der Waals surface area contributed by atoms with E-state index in [9.17, 15) is 9.59 Å². The summed E-state index contributed by atoms with van der Waals surface area (Å²) < 4.78 is 5.91. The van der Waals surface area contributed by atoms with Crippen molar-refractivity contribution in [2.45, 2.75) is 45.3 Å². The third-order valence-electron chi connectivity index (χ3n) is 5.29. The van der Waals surface area contributed by atoms with Crippen LogP contribution in [0.3, 0.4) is 0 Å². The van der Waals surface area contributed by atoms with Gasteiger partial charge in [-0.1, -0.05) is 31.9 Å². The minimum Gasteiger partial charge on any atom is -0.376 e. The molecule has 3 amide bonds. The molecule has 1 saturated carbocycles. The maximum Gasteiger partial charge on any atom is 0.319 e. The summed E-state index contributed by atoms with van der Waals surface area (Å²) in [5, 5.41) is 8.38. The lowest BCUT2D eigenvalue weighted by molar-refractivity contribution is -0.00232. The molecule has 0 radical (unpaired) electrons. The highest BCUT2D eigenvalue weighted by Gasteiger charge is 2.21. The van der Waals surface area contributed by atoms with Gasteiger partial charge in [0.15, 0.2) is 0 Å². The Kier molecular flexibility index (Phi) is 8.20. The summed E-state index contributed by atoms with van der Waals surface area (Å²) in [6.07, 6.45) is 6.79. The molecule has 3 N–H and O–H groups in total. The largest absolute Gasteiger partial charge is 0.376 e. The SMILES string of the molecule is CC1CCCCC1OCCNC(=O)Nc1cccc(C(=O)NCc2ccccn2)c1. The molecule has 7 nitrogen and oxygen atoms in total. The van der Waals surface area contributed by atoms with E-state index in [1.807, 2.05) is 18.2 Å². The van der Waals surface area contributed by atoms with Crippen LogP contribution < -0.4 is 16.0 Å². The van der Waals surface area contributed by atoms with Crippen molar-refractivity contribution in [2.24, 2.45) is 5.92 Å². The zero-order valence-corrected chi connectivity index (χ0v) is 17.4. The lowest BCUT2D eigenvalue weighted by atomic mass is 9.88. The average Bonchev–Trinajstić information content (AvgIpc) is 2.77. The molecule has 3 rings (SSSR count). The summed E-state index contributed by atoms with van der Waals surface area (Å²) in [4.78, 5) is 28.7. The van der Waals surface area contributed by atoms with Crippen LogP contribution >= 0.6 is 0 Å². The van der Waals surface area contributed by atoms with Crippen LogP contribution in [-0.4, -0.2) is 36.2 Å². The number of pyridine rings is 1. The van der Waals surface area contributed by atoms with Gasteiger partial charge in [0.05, 0.1) is 24.9 Å². The van der Waals surface area contributed by atoms with E-state index in [-0.39, 0.29) is 11.9 Å². The first-order chi connectivity index (χ1) is 14.6. The Balaban J connectivity index is 1.40. The zero-order valence-electron chi connectivity index (χ0n) is 17.4. The lowest BCUT2D eigenvalue weighted by Crippen LogP contribution is -2.34. The Hall–Kier alpha value is -2.93. The van der Waals surface area contributed by atoms with Crippen LogP contribution in [0.5, 0.6) is 0 Å². The van der Waals surface area contributed by atoms with Gasteiger partial charge in [-0.15, -0.1) is 0 Å². The van der Waals surface area contributed by atoms with Crippen molar-refractivity contribution in [3.63, 3.8) is 0 Å². The molecule has 0 bridgehead atoms. The van der Waals surface area contributed by atoms with E-state index in [0.29, 0.717) is 43.0 Å². The first-order valence-electron chi connectivity index (χ1n) is 10.6. The van der Waals surface area contributed by atoms with Gasteiger partial charge in [0.2, 0.25) is 0 Å². The number of benzene rings is 1. The normalized spacial score (nSPS) is 18.4. The number of hydrogen-bond acceptors (Lipinski definition) is 4.